The minimum absolute atomic E-state index is 0.105. The second-order valence-corrected chi connectivity index (χ2v) is 5.68. The number of carbonyl (C=O) groups is 1. The van der Waals surface area contributed by atoms with E-state index < -0.39 is 10.0 Å². The Morgan fingerprint density at radius 3 is 2.55 bits per heavy atom. The minimum atomic E-state index is -3.57. The third-order valence-corrected chi connectivity index (χ3v) is 3.91. The topological polar surface area (TPSA) is 84.5 Å². The molecule has 2 N–H and O–H groups in total. The van der Waals surface area contributed by atoms with Crippen molar-refractivity contribution in [3.05, 3.63) is 42.5 Å². The van der Waals surface area contributed by atoms with Gasteiger partial charge in [-0.2, -0.15) is 0 Å². The highest BCUT2D eigenvalue weighted by Gasteiger charge is 2.14. The lowest BCUT2D eigenvalue weighted by atomic mass is 10.2. The van der Waals surface area contributed by atoms with Crippen LogP contribution in [0.2, 0.25) is 0 Å². The molecular formula is C13H18N2O4S. The number of methoxy groups -OCH3 is 1. The van der Waals surface area contributed by atoms with Crippen molar-refractivity contribution in [2.75, 3.05) is 26.8 Å². The van der Waals surface area contributed by atoms with E-state index in [1.807, 2.05) is 0 Å². The molecule has 110 valence electrons. The lowest BCUT2D eigenvalue weighted by Gasteiger charge is -2.07. The Morgan fingerprint density at radius 2 is 2.00 bits per heavy atom. The first-order valence-electron chi connectivity index (χ1n) is 5.99. The first-order valence-corrected chi connectivity index (χ1v) is 7.47. The number of hydrogen-bond acceptors (Lipinski definition) is 4. The lowest BCUT2D eigenvalue weighted by molar-refractivity contribution is 0.0958. The molecule has 0 aliphatic heterocycles. The monoisotopic (exact) mass is 298 g/mol. The van der Waals surface area contributed by atoms with Gasteiger partial charge >= 0.3 is 0 Å². The zero-order chi connectivity index (χ0) is 15.0. The van der Waals surface area contributed by atoms with Gasteiger partial charge in [-0.3, -0.25) is 4.79 Å². The first kappa shape index (κ1) is 16.4. The number of ether oxygens (including phenoxy) is 1. The summed E-state index contributed by atoms with van der Waals surface area (Å²) in [6.07, 6.45) is 1.57. The fourth-order valence-corrected chi connectivity index (χ4v) is 2.43. The molecule has 1 amide bonds. The molecular weight excluding hydrogens is 280 g/mol. The van der Waals surface area contributed by atoms with Crippen molar-refractivity contribution in [2.24, 2.45) is 0 Å². The first-order chi connectivity index (χ1) is 9.51. The third-order valence-electron chi connectivity index (χ3n) is 2.43. The fraction of sp³-hybridized carbons (Fsp3) is 0.308. The van der Waals surface area contributed by atoms with Gasteiger partial charge in [0.05, 0.1) is 11.5 Å². The maximum absolute atomic E-state index is 11.9. The highest BCUT2D eigenvalue weighted by atomic mass is 32.2. The average Bonchev–Trinajstić information content (AvgIpc) is 2.45. The van der Waals surface area contributed by atoms with Crippen molar-refractivity contribution in [2.45, 2.75) is 4.90 Å². The molecule has 0 atom stereocenters. The molecule has 1 rings (SSSR count). The van der Waals surface area contributed by atoms with Crippen molar-refractivity contribution in [1.82, 2.24) is 10.0 Å². The molecule has 0 fully saturated rings. The quantitative estimate of drug-likeness (QED) is 0.541. The number of amides is 1. The molecule has 0 saturated heterocycles. The summed E-state index contributed by atoms with van der Waals surface area (Å²) in [5.41, 5.74) is 0.391. The summed E-state index contributed by atoms with van der Waals surface area (Å²) in [5.74, 6) is -0.277. The van der Waals surface area contributed by atoms with E-state index in [0.717, 1.165) is 0 Å². The summed E-state index contributed by atoms with van der Waals surface area (Å²) >= 11 is 0. The van der Waals surface area contributed by atoms with E-state index in [0.29, 0.717) is 18.7 Å². The van der Waals surface area contributed by atoms with Crippen LogP contribution in [-0.4, -0.2) is 41.1 Å². The Kier molecular flexibility index (Phi) is 6.37. The lowest BCUT2D eigenvalue weighted by Crippen LogP contribution is -2.27. The van der Waals surface area contributed by atoms with E-state index in [1.165, 1.54) is 31.4 Å². The molecule has 0 spiro atoms. The van der Waals surface area contributed by atoms with E-state index in [1.54, 1.807) is 6.08 Å². The second-order valence-electron chi connectivity index (χ2n) is 3.91. The Hall–Kier alpha value is -1.70. The van der Waals surface area contributed by atoms with Crippen molar-refractivity contribution in [3.63, 3.8) is 0 Å². The van der Waals surface area contributed by atoms with Gasteiger partial charge in [0.1, 0.15) is 0 Å². The van der Waals surface area contributed by atoms with E-state index in [9.17, 15) is 13.2 Å². The number of rotatable bonds is 8. The molecule has 7 heteroatoms. The van der Waals surface area contributed by atoms with Crippen LogP contribution in [0.4, 0.5) is 0 Å². The molecule has 0 heterocycles. The van der Waals surface area contributed by atoms with E-state index in [4.69, 9.17) is 4.74 Å². The van der Waals surface area contributed by atoms with Gasteiger partial charge in [0.2, 0.25) is 10.0 Å². The molecule has 6 nitrogen and oxygen atoms in total. The number of hydrogen-bond donors (Lipinski definition) is 2. The molecule has 0 saturated carbocycles. The van der Waals surface area contributed by atoms with Crippen molar-refractivity contribution >= 4 is 15.9 Å². The number of sulfonamides is 1. The molecule has 0 bridgehead atoms. The summed E-state index contributed by atoms with van der Waals surface area (Å²) in [6.45, 7) is 4.34. The number of nitrogens with one attached hydrogen (secondary N) is 2. The summed E-state index contributed by atoms with van der Waals surface area (Å²) in [7, 11) is -2.08. The van der Waals surface area contributed by atoms with Gasteiger partial charge in [0.25, 0.3) is 5.91 Å². The van der Waals surface area contributed by atoms with Crippen LogP contribution in [0.1, 0.15) is 10.4 Å². The predicted octanol–water partition coefficient (Wildman–Crippen LogP) is 0.527. The molecule has 0 aliphatic rings. The fourth-order valence-electron chi connectivity index (χ4n) is 1.41. The van der Waals surface area contributed by atoms with Gasteiger partial charge in [-0.15, -0.1) is 6.58 Å². The van der Waals surface area contributed by atoms with Crippen molar-refractivity contribution in [3.8, 4) is 0 Å². The van der Waals surface area contributed by atoms with Gasteiger partial charge in [0, 0.05) is 25.8 Å². The molecule has 20 heavy (non-hydrogen) atoms. The minimum Gasteiger partial charge on any atom is -0.383 e. The molecule has 0 unspecified atom stereocenters. The zero-order valence-corrected chi connectivity index (χ0v) is 12.1. The van der Waals surface area contributed by atoms with Crippen molar-refractivity contribution in [1.29, 1.82) is 0 Å². The predicted molar refractivity (Wildman–Crippen MR) is 76.0 cm³/mol. The summed E-state index contributed by atoms with van der Waals surface area (Å²) < 4.78 is 30.9. The molecule has 1 aromatic carbocycles. The van der Waals surface area contributed by atoms with Gasteiger partial charge in [-0.1, -0.05) is 6.08 Å². The van der Waals surface area contributed by atoms with Crippen LogP contribution in [-0.2, 0) is 14.8 Å². The highest BCUT2D eigenvalue weighted by Crippen LogP contribution is 2.10. The second kappa shape index (κ2) is 7.78. The summed E-state index contributed by atoms with van der Waals surface area (Å²) in [4.78, 5) is 11.7. The standard InChI is InChI=1S/C13H18N2O4S/c1-3-8-14-13(16)11-4-6-12(7-5-11)20(17,18)15-9-10-19-2/h3-7,15H,1,8-10H2,2H3,(H,14,16). The number of benzene rings is 1. The Balaban J connectivity index is 2.75. The molecule has 1 aromatic rings. The van der Waals surface area contributed by atoms with Gasteiger partial charge in [-0.05, 0) is 24.3 Å². The third kappa shape index (κ3) is 4.76. The SMILES string of the molecule is C=CCNC(=O)c1ccc(S(=O)(=O)NCCOC)cc1. The molecule has 0 radical (unpaired) electrons. The van der Waals surface area contributed by atoms with Crippen LogP contribution in [0.5, 0.6) is 0 Å². The van der Waals surface area contributed by atoms with Crippen molar-refractivity contribution < 1.29 is 17.9 Å². The van der Waals surface area contributed by atoms with Crippen LogP contribution in [0.3, 0.4) is 0 Å². The molecule has 0 aromatic heterocycles. The molecule has 0 aliphatic carbocycles. The van der Waals surface area contributed by atoms with Gasteiger partial charge < -0.3 is 10.1 Å². The Labute approximate surface area is 118 Å². The van der Waals surface area contributed by atoms with E-state index in [2.05, 4.69) is 16.6 Å². The normalized spacial score (nSPS) is 11.1. The largest absolute Gasteiger partial charge is 0.383 e. The number of carbonyl (C=O) groups excluding carboxylic acids is 1. The maximum atomic E-state index is 11.9. The highest BCUT2D eigenvalue weighted by molar-refractivity contribution is 7.89. The zero-order valence-electron chi connectivity index (χ0n) is 11.3. The van der Waals surface area contributed by atoms with Crippen LogP contribution in [0.15, 0.2) is 41.8 Å². The summed E-state index contributed by atoms with van der Waals surface area (Å²) in [5, 5.41) is 2.61. The van der Waals surface area contributed by atoms with Gasteiger partial charge in [0.15, 0.2) is 0 Å². The van der Waals surface area contributed by atoms with E-state index in [-0.39, 0.29) is 17.3 Å². The maximum Gasteiger partial charge on any atom is 0.251 e. The van der Waals surface area contributed by atoms with Gasteiger partial charge in [-0.25, -0.2) is 13.1 Å². The summed E-state index contributed by atoms with van der Waals surface area (Å²) in [6, 6.07) is 5.70. The van der Waals surface area contributed by atoms with E-state index >= 15 is 0 Å². The van der Waals surface area contributed by atoms with Crippen LogP contribution in [0, 0.1) is 0 Å². The van der Waals surface area contributed by atoms with Crippen LogP contribution < -0.4 is 10.0 Å². The van der Waals surface area contributed by atoms with Crippen LogP contribution in [0.25, 0.3) is 0 Å². The average molecular weight is 298 g/mol. The Morgan fingerprint density at radius 1 is 1.35 bits per heavy atom. The Bertz CT molecular complexity index is 552. The smallest absolute Gasteiger partial charge is 0.251 e. The van der Waals surface area contributed by atoms with Crippen LogP contribution >= 0.6 is 0 Å².